The monoisotopic (exact) mass is 671 g/mol. The van der Waals surface area contributed by atoms with Gasteiger partial charge in [0, 0.05) is 65.4 Å². The third-order valence-corrected chi connectivity index (χ3v) is 4.97. The van der Waals surface area contributed by atoms with Crippen LogP contribution in [0.25, 0.3) is 0 Å². The zero-order valence-corrected chi connectivity index (χ0v) is 22.8. The Kier molecular flexibility index (Phi) is 16.5. The van der Waals surface area contributed by atoms with Crippen molar-refractivity contribution in [3.8, 4) is 0 Å². The molecule has 0 saturated heterocycles. The Bertz CT molecular complexity index is 597. The fourth-order valence-electron chi connectivity index (χ4n) is 2.10. The SMILES string of the molecule is CCN(I)CC(=O)ON(OC(=O)CN(C)I)OC(=O)CN(C)CCN(CC)CC(C)=O. The van der Waals surface area contributed by atoms with E-state index in [0.717, 1.165) is 0 Å². The Morgan fingerprint density at radius 3 is 1.71 bits per heavy atom. The number of halogens is 2. The Balaban J connectivity index is 4.79. The van der Waals surface area contributed by atoms with Gasteiger partial charge < -0.3 is 0 Å². The van der Waals surface area contributed by atoms with Crippen molar-refractivity contribution >= 4 is 69.4 Å². The fourth-order valence-corrected chi connectivity index (χ4v) is 2.65. The first kappa shape index (κ1) is 30.3. The van der Waals surface area contributed by atoms with Crippen molar-refractivity contribution in [3.63, 3.8) is 0 Å². The van der Waals surface area contributed by atoms with Crippen LogP contribution in [0.4, 0.5) is 0 Å². The molecule has 0 heterocycles. The molecule has 0 amide bonds. The van der Waals surface area contributed by atoms with Crippen LogP contribution in [-0.4, -0.2) is 112 Å². The number of rotatable bonds is 16. The quantitative estimate of drug-likeness (QED) is 0.129. The molecule has 0 rings (SSSR count). The van der Waals surface area contributed by atoms with Crippen molar-refractivity contribution in [3.05, 3.63) is 0 Å². The van der Waals surface area contributed by atoms with Crippen LogP contribution < -0.4 is 0 Å². The van der Waals surface area contributed by atoms with Gasteiger partial charge in [-0.1, -0.05) is 13.8 Å². The smallest absolute Gasteiger partial charge is 0.299 e. The second-order valence-electron chi connectivity index (χ2n) is 6.62. The summed E-state index contributed by atoms with van der Waals surface area (Å²) in [6.07, 6.45) is 0. The molecule has 0 aliphatic carbocycles. The highest BCUT2D eigenvalue weighted by Crippen LogP contribution is 2.04. The zero-order chi connectivity index (χ0) is 24.0. The molecule has 0 aromatic carbocycles. The van der Waals surface area contributed by atoms with Crippen molar-refractivity contribution in [1.29, 1.82) is 0 Å². The average molecular weight is 671 g/mol. The maximum absolute atomic E-state index is 12.2. The van der Waals surface area contributed by atoms with Crippen LogP contribution in [0.15, 0.2) is 0 Å². The zero-order valence-electron chi connectivity index (χ0n) is 18.5. The van der Waals surface area contributed by atoms with Crippen molar-refractivity contribution in [2.75, 3.05) is 66.5 Å². The molecule has 180 valence electrons. The number of hydrogen-bond donors (Lipinski definition) is 0. The minimum absolute atomic E-state index is 0.0634. The molecular formula is C17H31I2N5O7. The van der Waals surface area contributed by atoms with Crippen molar-refractivity contribution in [2.24, 2.45) is 0 Å². The van der Waals surface area contributed by atoms with Crippen LogP contribution >= 0.6 is 45.7 Å². The Labute approximate surface area is 210 Å². The highest BCUT2D eigenvalue weighted by molar-refractivity contribution is 14.1. The molecule has 0 bridgehead atoms. The molecule has 0 saturated carbocycles. The molecule has 0 aromatic rings. The first-order valence-corrected chi connectivity index (χ1v) is 11.5. The number of hydrogen-bond acceptors (Lipinski definition) is 12. The maximum atomic E-state index is 12.2. The van der Waals surface area contributed by atoms with Crippen LogP contribution in [0, 0.1) is 0 Å². The molecule has 31 heavy (non-hydrogen) atoms. The molecule has 0 aromatic heterocycles. The van der Waals surface area contributed by atoms with E-state index in [-0.39, 0.29) is 30.8 Å². The summed E-state index contributed by atoms with van der Waals surface area (Å²) in [5, 5.41) is 0.148. The molecule has 0 unspecified atom stereocenters. The van der Waals surface area contributed by atoms with Gasteiger partial charge in [-0.05, 0) is 27.6 Å². The summed E-state index contributed by atoms with van der Waals surface area (Å²) < 4.78 is 3.15. The molecule has 0 aliphatic heterocycles. The number of carbonyl (C=O) groups is 4. The van der Waals surface area contributed by atoms with Crippen molar-refractivity contribution in [2.45, 2.75) is 20.8 Å². The van der Waals surface area contributed by atoms with E-state index in [1.165, 1.54) is 10.0 Å². The number of Topliss-reactive ketones (excluding diaryl/α,β-unsaturated/α-hetero) is 1. The van der Waals surface area contributed by atoms with E-state index in [2.05, 4.69) is 0 Å². The van der Waals surface area contributed by atoms with E-state index in [9.17, 15) is 19.2 Å². The fraction of sp³-hybridized carbons (Fsp3) is 0.765. The number of nitrogens with zero attached hydrogens (tertiary/aromatic N) is 5. The van der Waals surface area contributed by atoms with Gasteiger partial charge in [0.1, 0.15) is 18.9 Å². The van der Waals surface area contributed by atoms with Crippen LogP contribution in [-0.2, 0) is 33.7 Å². The molecule has 0 spiro atoms. The van der Waals surface area contributed by atoms with Gasteiger partial charge in [-0.3, -0.25) is 29.1 Å². The first-order chi connectivity index (χ1) is 14.5. The largest absolute Gasteiger partial charge is 0.347 e. The second-order valence-corrected chi connectivity index (χ2v) is 9.63. The number of ketones is 1. The lowest BCUT2D eigenvalue weighted by Gasteiger charge is -2.23. The van der Waals surface area contributed by atoms with E-state index < -0.39 is 17.9 Å². The van der Waals surface area contributed by atoms with Gasteiger partial charge in [0.25, 0.3) is 0 Å². The first-order valence-electron chi connectivity index (χ1n) is 9.57. The number of carbonyl (C=O) groups excluding carboxylic acids is 4. The third-order valence-electron chi connectivity index (χ3n) is 3.61. The summed E-state index contributed by atoms with van der Waals surface area (Å²) in [4.78, 5) is 65.6. The normalized spacial score (nSPS) is 11.5. The predicted molar refractivity (Wildman–Crippen MR) is 128 cm³/mol. The van der Waals surface area contributed by atoms with Gasteiger partial charge in [-0.25, -0.2) is 20.6 Å². The lowest BCUT2D eigenvalue weighted by Crippen LogP contribution is -2.41. The Hall–Kier alpha value is -0.660. The average Bonchev–Trinajstić information content (AvgIpc) is 2.63. The topological polar surface area (TPSA) is 112 Å². The van der Waals surface area contributed by atoms with E-state index in [1.54, 1.807) is 22.1 Å². The Morgan fingerprint density at radius 1 is 0.742 bits per heavy atom. The molecule has 14 heteroatoms. The van der Waals surface area contributed by atoms with Crippen molar-refractivity contribution < 1.29 is 33.7 Å². The summed E-state index contributed by atoms with van der Waals surface area (Å²) >= 11 is 3.81. The van der Waals surface area contributed by atoms with Crippen LogP contribution in [0.1, 0.15) is 20.8 Å². The van der Waals surface area contributed by atoms with Crippen LogP contribution in [0.5, 0.6) is 0 Å². The third kappa shape index (κ3) is 16.6. The van der Waals surface area contributed by atoms with Gasteiger partial charge >= 0.3 is 17.9 Å². The standard InChI is InChI=1S/C17H31I2N5O7/c1-6-22(10-14(3)25)9-8-20(4)11-15(26)29-24(30-16(27)12-21(5)18)31-17(28)13-23(19)7-2/h6-13H2,1-5H3. The van der Waals surface area contributed by atoms with Crippen molar-refractivity contribution in [1.82, 2.24) is 21.4 Å². The maximum Gasteiger partial charge on any atom is 0.347 e. The summed E-state index contributed by atoms with van der Waals surface area (Å²) in [5.74, 6) is -2.28. The van der Waals surface area contributed by atoms with Crippen LogP contribution in [0.2, 0.25) is 0 Å². The molecule has 0 aliphatic rings. The van der Waals surface area contributed by atoms with Gasteiger partial charge in [0.05, 0.1) is 13.1 Å². The second kappa shape index (κ2) is 16.9. The number of likely N-dealkylation sites (N-methyl/N-ethyl adjacent to an activating group) is 4. The molecular weight excluding hydrogens is 640 g/mol. The lowest BCUT2D eigenvalue weighted by molar-refractivity contribution is -0.464. The minimum Gasteiger partial charge on any atom is -0.299 e. The van der Waals surface area contributed by atoms with E-state index >= 15 is 0 Å². The summed E-state index contributed by atoms with van der Waals surface area (Å²) in [6, 6.07) is 0. The molecule has 0 atom stereocenters. The lowest BCUT2D eigenvalue weighted by atomic mass is 10.3. The minimum atomic E-state index is -0.789. The van der Waals surface area contributed by atoms with E-state index in [0.29, 0.717) is 32.7 Å². The Morgan fingerprint density at radius 2 is 1.26 bits per heavy atom. The summed E-state index contributed by atoms with van der Waals surface area (Å²) in [6.45, 7) is 7.64. The molecule has 0 radical (unpaired) electrons. The van der Waals surface area contributed by atoms with Gasteiger partial charge in [0.2, 0.25) is 5.39 Å². The highest BCUT2D eigenvalue weighted by Gasteiger charge is 2.24. The highest BCUT2D eigenvalue weighted by atomic mass is 127. The van der Waals surface area contributed by atoms with Gasteiger partial charge in [0.15, 0.2) is 0 Å². The molecule has 0 fully saturated rings. The molecule has 0 N–H and O–H groups in total. The van der Waals surface area contributed by atoms with Gasteiger partial charge in [-0.2, -0.15) is 0 Å². The van der Waals surface area contributed by atoms with Gasteiger partial charge in [-0.15, -0.1) is 0 Å². The molecule has 12 nitrogen and oxygen atoms in total. The summed E-state index contributed by atoms with van der Waals surface area (Å²) in [5.41, 5.74) is 0. The van der Waals surface area contributed by atoms with E-state index in [1.807, 2.05) is 64.5 Å². The van der Waals surface area contributed by atoms with Crippen LogP contribution in [0.3, 0.4) is 0 Å². The van der Waals surface area contributed by atoms with E-state index in [4.69, 9.17) is 14.5 Å². The summed E-state index contributed by atoms with van der Waals surface area (Å²) in [7, 11) is 3.34. The predicted octanol–water partition coefficient (Wildman–Crippen LogP) is 0.459.